The predicted octanol–water partition coefficient (Wildman–Crippen LogP) is 1.51. The van der Waals surface area contributed by atoms with Crippen molar-refractivity contribution in [1.82, 2.24) is 9.21 Å². The van der Waals surface area contributed by atoms with E-state index in [1.54, 1.807) is 0 Å². The van der Waals surface area contributed by atoms with E-state index < -0.39 is 15.8 Å². The number of hydrogen-bond acceptors (Lipinski definition) is 5. The van der Waals surface area contributed by atoms with Gasteiger partial charge in [-0.2, -0.15) is 4.31 Å². The minimum Gasteiger partial charge on any atom is -0.455 e. The third kappa shape index (κ3) is 4.41. The minimum atomic E-state index is -3.83. The van der Waals surface area contributed by atoms with Crippen LogP contribution in [0.1, 0.15) is 13.3 Å². The van der Waals surface area contributed by atoms with E-state index in [1.165, 1.54) is 9.21 Å². The fourth-order valence-corrected chi connectivity index (χ4v) is 4.64. The number of benzene rings is 1. The molecule has 1 saturated heterocycles. The molecule has 0 aromatic heterocycles. The van der Waals surface area contributed by atoms with E-state index in [2.05, 4.69) is 0 Å². The highest BCUT2D eigenvalue weighted by Crippen LogP contribution is 2.38. The molecule has 1 heterocycles. The number of halogens is 2. The number of sulfonamides is 1. The molecule has 0 spiro atoms. The first-order chi connectivity index (χ1) is 12.7. The lowest BCUT2D eigenvalue weighted by molar-refractivity contribution is -0.153. The van der Waals surface area contributed by atoms with Gasteiger partial charge in [-0.05, 0) is 30.5 Å². The van der Waals surface area contributed by atoms with Gasteiger partial charge in [-0.3, -0.25) is 9.59 Å². The topological polar surface area (TPSA) is 84.0 Å². The molecule has 1 aliphatic carbocycles. The zero-order chi connectivity index (χ0) is 19.8. The normalized spacial score (nSPS) is 23.1. The Balaban J connectivity index is 1.53. The zero-order valence-corrected chi connectivity index (χ0v) is 16.3. The quantitative estimate of drug-likeness (QED) is 0.677. The Bertz CT molecular complexity index is 855. The molecule has 2 fully saturated rings. The standard InChI is InChI=1S/C17H20ClFN2O5S/c1-11-8-13(11)17(23)26-10-16(22)20-4-6-21(7-5-20)27(24,25)12-2-3-15(19)14(18)9-12/h2-3,9,11,13H,4-8,10H2,1H3/t11-,13+/m0/s1. The van der Waals surface area contributed by atoms with Crippen LogP contribution in [0.25, 0.3) is 0 Å². The Morgan fingerprint density at radius 1 is 1.26 bits per heavy atom. The van der Waals surface area contributed by atoms with Crippen LogP contribution in [0.15, 0.2) is 23.1 Å². The fourth-order valence-electron chi connectivity index (χ4n) is 2.95. The SMILES string of the molecule is C[C@H]1C[C@H]1C(=O)OCC(=O)N1CCN(S(=O)(=O)c2ccc(F)c(Cl)c2)CC1. The lowest BCUT2D eigenvalue weighted by Crippen LogP contribution is -2.51. The molecule has 1 amide bonds. The highest BCUT2D eigenvalue weighted by Gasteiger charge is 2.41. The number of nitrogens with zero attached hydrogens (tertiary/aromatic N) is 2. The van der Waals surface area contributed by atoms with Crippen molar-refractivity contribution < 1.29 is 27.1 Å². The summed E-state index contributed by atoms with van der Waals surface area (Å²) in [5.41, 5.74) is 0. The zero-order valence-electron chi connectivity index (χ0n) is 14.7. The first kappa shape index (κ1) is 20.0. The van der Waals surface area contributed by atoms with E-state index in [4.69, 9.17) is 16.3 Å². The molecule has 1 saturated carbocycles. The summed E-state index contributed by atoms with van der Waals surface area (Å²) in [6, 6.07) is 3.23. The fraction of sp³-hybridized carbons (Fsp3) is 0.529. The van der Waals surface area contributed by atoms with Gasteiger partial charge in [-0.25, -0.2) is 12.8 Å². The Labute approximate surface area is 162 Å². The van der Waals surface area contributed by atoms with Gasteiger partial charge in [0, 0.05) is 26.2 Å². The number of rotatable bonds is 5. The average Bonchev–Trinajstić information content (AvgIpc) is 3.38. The molecule has 148 valence electrons. The number of esters is 1. The molecule has 1 aromatic rings. The van der Waals surface area contributed by atoms with Crippen molar-refractivity contribution in [1.29, 1.82) is 0 Å². The molecule has 0 radical (unpaired) electrons. The highest BCUT2D eigenvalue weighted by atomic mass is 35.5. The third-order valence-corrected chi connectivity index (χ3v) is 7.05. The van der Waals surface area contributed by atoms with E-state index in [0.29, 0.717) is 5.92 Å². The van der Waals surface area contributed by atoms with Crippen LogP contribution < -0.4 is 0 Å². The molecule has 10 heteroatoms. The van der Waals surface area contributed by atoms with Gasteiger partial charge >= 0.3 is 5.97 Å². The van der Waals surface area contributed by atoms with E-state index in [9.17, 15) is 22.4 Å². The Kier molecular flexibility index (Phi) is 5.73. The Hall–Kier alpha value is -1.71. The summed E-state index contributed by atoms with van der Waals surface area (Å²) in [6.07, 6.45) is 0.789. The molecule has 27 heavy (non-hydrogen) atoms. The van der Waals surface area contributed by atoms with Gasteiger partial charge in [0.15, 0.2) is 6.61 Å². The molecular formula is C17H20ClFN2O5S. The summed E-state index contributed by atoms with van der Waals surface area (Å²) in [5.74, 6) is -1.20. The van der Waals surface area contributed by atoms with Gasteiger partial charge in [0.1, 0.15) is 5.82 Å². The van der Waals surface area contributed by atoms with Crippen LogP contribution in [-0.4, -0.2) is 62.3 Å². The van der Waals surface area contributed by atoms with Crippen LogP contribution >= 0.6 is 11.6 Å². The predicted molar refractivity (Wildman–Crippen MR) is 95.0 cm³/mol. The molecule has 1 aromatic carbocycles. The maximum atomic E-state index is 13.3. The molecular weight excluding hydrogens is 399 g/mol. The summed E-state index contributed by atoms with van der Waals surface area (Å²) >= 11 is 5.67. The van der Waals surface area contributed by atoms with Crippen molar-refractivity contribution >= 4 is 33.5 Å². The smallest absolute Gasteiger partial charge is 0.309 e. The highest BCUT2D eigenvalue weighted by molar-refractivity contribution is 7.89. The number of ether oxygens (including phenoxy) is 1. The van der Waals surface area contributed by atoms with Crippen molar-refractivity contribution in [2.45, 2.75) is 18.2 Å². The van der Waals surface area contributed by atoms with Gasteiger partial charge in [0.25, 0.3) is 5.91 Å². The van der Waals surface area contributed by atoms with E-state index in [0.717, 1.165) is 24.6 Å². The van der Waals surface area contributed by atoms with Gasteiger partial charge in [-0.1, -0.05) is 18.5 Å². The first-order valence-electron chi connectivity index (χ1n) is 8.60. The molecule has 0 bridgehead atoms. The van der Waals surface area contributed by atoms with Crippen LogP contribution in [0.3, 0.4) is 0 Å². The van der Waals surface area contributed by atoms with Crippen LogP contribution in [0, 0.1) is 17.7 Å². The molecule has 1 aliphatic heterocycles. The molecule has 2 aliphatic rings. The van der Waals surface area contributed by atoms with Crippen molar-refractivity contribution in [3.8, 4) is 0 Å². The van der Waals surface area contributed by atoms with Crippen molar-refractivity contribution in [2.24, 2.45) is 11.8 Å². The molecule has 0 unspecified atom stereocenters. The lowest BCUT2D eigenvalue weighted by Gasteiger charge is -2.33. The number of piperazine rings is 1. The van der Waals surface area contributed by atoms with E-state index in [-0.39, 0.29) is 60.5 Å². The number of hydrogen-bond donors (Lipinski definition) is 0. The van der Waals surface area contributed by atoms with Crippen molar-refractivity contribution in [3.05, 3.63) is 29.0 Å². The summed E-state index contributed by atoms with van der Waals surface area (Å²) in [4.78, 5) is 25.2. The average molecular weight is 419 g/mol. The van der Waals surface area contributed by atoms with E-state index >= 15 is 0 Å². The van der Waals surface area contributed by atoms with Crippen LogP contribution in [-0.2, 0) is 24.3 Å². The monoisotopic (exact) mass is 418 g/mol. The number of carbonyl (C=O) groups excluding carboxylic acids is 2. The van der Waals surface area contributed by atoms with Gasteiger partial charge in [-0.15, -0.1) is 0 Å². The third-order valence-electron chi connectivity index (χ3n) is 4.87. The molecule has 2 atom stereocenters. The second-order valence-corrected chi connectivity index (χ2v) is 9.13. The second-order valence-electron chi connectivity index (χ2n) is 6.79. The summed E-state index contributed by atoms with van der Waals surface area (Å²) in [7, 11) is -3.83. The Morgan fingerprint density at radius 3 is 2.44 bits per heavy atom. The molecule has 0 N–H and O–H groups in total. The van der Waals surface area contributed by atoms with Gasteiger partial charge in [0.2, 0.25) is 10.0 Å². The van der Waals surface area contributed by atoms with Crippen LogP contribution in [0.4, 0.5) is 4.39 Å². The minimum absolute atomic E-state index is 0.0939. The number of amides is 1. The van der Waals surface area contributed by atoms with Gasteiger partial charge in [0.05, 0.1) is 15.8 Å². The van der Waals surface area contributed by atoms with Crippen LogP contribution in [0.5, 0.6) is 0 Å². The number of carbonyl (C=O) groups is 2. The van der Waals surface area contributed by atoms with Crippen molar-refractivity contribution in [3.63, 3.8) is 0 Å². The van der Waals surface area contributed by atoms with Crippen LogP contribution in [0.2, 0.25) is 5.02 Å². The summed E-state index contributed by atoms with van der Waals surface area (Å²) in [6.45, 7) is 2.17. The molecule has 7 nitrogen and oxygen atoms in total. The summed E-state index contributed by atoms with van der Waals surface area (Å²) < 4.78 is 44.8. The lowest BCUT2D eigenvalue weighted by atomic mass is 10.3. The van der Waals surface area contributed by atoms with Gasteiger partial charge < -0.3 is 9.64 Å². The molecule has 3 rings (SSSR count). The Morgan fingerprint density at radius 2 is 1.89 bits per heavy atom. The second kappa shape index (κ2) is 7.73. The largest absolute Gasteiger partial charge is 0.455 e. The maximum absolute atomic E-state index is 13.3. The first-order valence-corrected chi connectivity index (χ1v) is 10.4. The maximum Gasteiger partial charge on any atom is 0.309 e. The summed E-state index contributed by atoms with van der Waals surface area (Å²) in [5, 5.41) is -0.267. The van der Waals surface area contributed by atoms with Crippen molar-refractivity contribution in [2.75, 3.05) is 32.8 Å². The van der Waals surface area contributed by atoms with E-state index in [1.807, 2.05) is 6.92 Å².